The van der Waals surface area contributed by atoms with E-state index in [-0.39, 0.29) is 6.10 Å². The molecule has 2 unspecified atom stereocenters. The lowest BCUT2D eigenvalue weighted by Crippen LogP contribution is -2.24. The Morgan fingerprint density at radius 1 is 1.15 bits per heavy atom. The zero-order valence-corrected chi connectivity index (χ0v) is 13.7. The Labute approximate surface area is 123 Å². The Hall–Kier alpha value is -1.06. The van der Waals surface area contributed by atoms with Gasteiger partial charge in [0.1, 0.15) is 5.75 Å². The first-order valence-electron chi connectivity index (χ1n) is 7.44. The highest BCUT2D eigenvalue weighted by molar-refractivity contribution is 5.45. The summed E-state index contributed by atoms with van der Waals surface area (Å²) in [7, 11) is 3.52. The smallest absolute Gasteiger partial charge is 0.124 e. The molecule has 1 aromatic carbocycles. The maximum absolute atomic E-state index is 5.60. The van der Waals surface area contributed by atoms with Crippen LogP contribution in [-0.2, 0) is 4.74 Å². The van der Waals surface area contributed by atoms with E-state index in [0.29, 0.717) is 6.04 Å². The molecule has 1 aromatic rings. The molecule has 0 saturated heterocycles. The second-order valence-corrected chi connectivity index (χ2v) is 5.43. The van der Waals surface area contributed by atoms with E-state index < -0.39 is 0 Å². The van der Waals surface area contributed by atoms with Crippen molar-refractivity contribution in [1.82, 2.24) is 5.32 Å². The average Bonchev–Trinajstić information content (AvgIpc) is 2.42. The highest BCUT2D eigenvalue weighted by atomic mass is 16.5. The van der Waals surface area contributed by atoms with Crippen LogP contribution in [0.15, 0.2) is 12.1 Å². The van der Waals surface area contributed by atoms with Gasteiger partial charge < -0.3 is 14.8 Å². The highest BCUT2D eigenvalue weighted by Crippen LogP contribution is 2.32. The van der Waals surface area contributed by atoms with Gasteiger partial charge in [0.2, 0.25) is 0 Å². The number of methoxy groups -OCH3 is 2. The average molecular weight is 279 g/mol. The molecular formula is C17H29NO2. The summed E-state index contributed by atoms with van der Waals surface area (Å²) in [4.78, 5) is 0. The molecule has 0 heterocycles. The van der Waals surface area contributed by atoms with Crippen molar-refractivity contribution in [3.8, 4) is 5.75 Å². The predicted octanol–water partition coefficient (Wildman–Crippen LogP) is 3.78. The van der Waals surface area contributed by atoms with Crippen molar-refractivity contribution in [3.05, 3.63) is 28.8 Å². The number of hydrogen-bond donors (Lipinski definition) is 1. The van der Waals surface area contributed by atoms with Gasteiger partial charge in [-0.25, -0.2) is 0 Å². The second kappa shape index (κ2) is 8.28. The van der Waals surface area contributed by atoms with Gasteiger partial charge in [-0.2, -0.15) is 0 Å². The fourth-order valence-corrected chi connectivity index (χ4v) is 2.67. The molecule has 0 aliphatic heterocycles. The third-order valence-electron chi connectivity index (χ3n) is 3.78. The number of benzene rings is 1. The van der Waals surface area contributed by atoms with E-state index in [0.717, 1.165) is 25.1 Å². The lowest BCUT2D eigenvalue weighted by Gasteiger charge is -2.24. The van der Waals surface area contributed by atoms with Gasteiger partial charge in [0.05, 0.1) is 13.2 Å². The Morgan fingerprint density at radius 2 is 1.85 bits per heavy atom. The minimum Gasteiger partial charge on any atom is -0.496 e. The summed E-state index contributed by atoms with van der Waals surface area (Å²) in [5, 5.41) is 3.58. The SMILES string of the molecule is CCNC(CCC(C)OC)c1c(C)cc(C)cc1OC. The van der Waals surface area contributed by atoms with Gasteiger partial charge in [-0.3, -0.25) is 0 Å². The first-order chi connectivity index (χ1) is 9.53. The van der Waals surface area contributed by atoms with Crippen LogP contribution in [0.25, 0.3) is 0 Å². The van der Waals surface area contributed by atoms with Crippen molar-refractivity contribution in [1.29, 1.82) is 0 Å². The largest absolute Gasteiger partial charge is 0.496 e. The zero-order valence-electron chi connectivity index (χ0n) is 13.7. The zero-order chi connectivity index (χ0) is 15.1. The van der Waals surface area contributed by atoms with E-state index in [9.17, 15) is 0 Å². The minimum absolute atomic E-state index is 0.285. The van der Waals surface area contributed by atoms with Crippen molar-refractivity contribution in [2.24, 2.45) is 0 Å². The molecule has 0 bridgehead atoms. The Bertz CT molecular complexity index is 418. The third-order valence-corrected chi connectivity index (χ3v) is 3.78. The summed E-state index contributed by atoms with van der Waals surface area (Å²) in [6.45, 7) is 9.47. The molecule has 3 nitrogen and oxygen atoms in total. The lowest BCUT2D eigenvalue weighted by molar-refractivity contribution is 0.106. The molecule has 0 spiro atoms. The molecule has 2 atom stereocenters. The van der Waals surface area contributed by atoms with Crippen molar-refractivity contribution in [3.63, 3.8) is 0 Å². The summed E-state index contributed by atoms with van der Waals surface area (Å²) >= 11 is 0. The molecule has 1 N–H and O–H groups in total. The van der Waals surface area contributed by atoms with E-state index in [4.69, 9.17) is 9.47 Å². The molecule has 0 aliphatic rings. The topological polar surface area (TPSA) is 30.5 Å². The van der Waals surface area contributed by atoms with Gasteiger partial charge in [-0.1, -0.05) is 13.0 Å². The first-order valence-corrected chi connectivity index (χ1v) is 7.44. The van der Waals surface area contributed by atoms with E-state index in [1.54, 1.807) is 14.2 Å². The second-order valence-electron chi connectivity index (χ2n) is 5.43. The van der Waals surface area contributed by atoms with E-state index >= 15 is 0 Å². The summed E-state index contributed by atoms with van der Waals surface area (Å²) in [6.07, 6.45) is 2.36. The number of nitrogens with one attached hydrogen (secondary N) is 1. The molecular weight excluding hydrogens is 250 g/mol. The van der Waals surface area contributed by atoms with Crippen LogP contribution in [0.2, 0.25) is 0 Å². The fraction of sp³-hybridized carbons (Fsp3) is 0.647. The van der Waals surface area contributed by atoms with Crippen LogP contribution in [0.1, 0.15) is 49.4 Å². The van der Waals surface area contributed by atoms with Crippen LogP contribution in [0, 0.1) is 13.8 Å². The van der Waals surface area contributed by atoms with Crippen LogP contribution in [0.3, 0.4) is 0 Å². The van der Waals surface area contributed by atoms with Gasteiger partial charge in [0.25, 0.3) is 0 Å². The van der Waals surface area contributed by atoms with E-state index in [2.05, 4.69) is 45.1 Å². The van der Waals surface area contributed by atoms with Gasteiger partial charge >= 0.3 is 0 Å². The summed E-state index contributed by atoms with van der Waals surface area (Å²) < 4.78 is 11.0. The van der Waals surface area contributed by atoms with Gasteiger partial charge in [0, 0.05) is 18.7 Å². The molecule has 3 heteroatoms. The summed E-state index contributed by atoms with van der Waals surface area (Å²) in [5.41, 5.74) is 3.81. The molecule has 0 radical (unpaired) electrons. The van der Waals surface area contributed by atoms with Crippen LogP contribution in [0.4, 0.5) is 0 Å². The van der Waals surface area contributed by atoms with Crippen molar-refractivity contribution >= 4 is 0 Å². The predicted molar refractivity (Wildman–Crippen MR) is 84.6 cm³/mol. The first kappa shape index (κ1) is 17.0. The van der Waals surface area contributed by atoms with Crippen molar-refractivity contribution < 1.29 is 9.47 Å². The molecule has 0 fully saturated rings. The van der Waals surface area contributed by atoms with E-state index in [1.165, 1.54) is 16.7 Å². The van der Waals surface area contributed by atoms with Crippen molar-refractivity contribution in [2.75, 3.05) is 20.8 Å². The van der Waals surface area contributed by atoms with Crippen LogP contribution >= 0.6 is 0 Å². The Morgan fingerprint density at radius 3 is 2.40 bits per heavy atom. The number of aryl methyl sites for hydroxylation is 2. The normalized spacial score (nSPS) is 14.1. The number of ether oxygens (including phenoxy) is 2. The fourth-order valence-electron chi connectivity index (χ4n) is 2.67. The van der Waals surface area contributed by atoms with Crippen LogP contribution < -0.4 is 10.1 Å². The maximum Gasteiger partial charge on any atom is 0.124 e. The molecule has 0 saturated carbocycles. The standard InChI is InChI=1S/C17H29NO2/c1-7-18-15(9-8-14(4)19-5)17-13(3)10-12(2)11-16(17)20-6/h10-11,14-15,18H,7-9H2,1-6H3. The van der Waals surface area contributed by atoms with Gasteiger partial charge in [-0.15, -0.1) is 0 Å². The van der Waals surface area contributed by atoms with Gasteiger partial charge in [0.15, 0.2) is 0 Å². The quantitative estimate of drug-likeness (QED) is 0.785. The van der Waals surface area contributed by atoms with Crippen molar-refractivity contribution in [2.45, 2.75) is 52.7 Å². The molecule has 1 rings (SSSR count). The Balaban J connectivity index is 3.01. The number of hydrogen-bond acceptors (Lipinski definition) is 3. The molecule has 0 aromatic heterocycles. The van der Waals surface area contributed by atoms with Gasteiger partial charge in [-0.05, 0) is 57.4 Å². The molecule has 20 heavy (non-hydrogen) atoms. The molecule has 0 amide bonds. The number of rotatable bonds is 8. The van der Waals surface area contributed by atoms with Crippen LogP contribution in [0.5, 0.6) is 5.75 Å². The molecule has 0 aliphatic carbocycles. The molecule has 114 valence electrons. The summed E-state index contributed by atoms with van der Waals surface area (Å²) in [6, 6.07) is 4.65. The van der Waals surface area contributed by atoms with Crippen LogP contribution in [-0.4, -0.2) is 26.9 Å². The van der Waals surface area contributed by atoms with E-state index in [1.807, 2.05) is 0 Å². The highest BCUT2D eigenvalue weighted by Gasteiger charge is 2.19. The summed E-state index contributed by atoms with van der Waals surface area (Å²) in [5.74, 6) is 0.985. The third kappa shape index (κ3) is 4.50. The Kier molecular flexibility index (Phi) is 7.03. The lowest BCUT2D eigenvalue weighted by atomic mass is 9.94. The maximum atomic E-state index is 5.60. The minimum atomic E-state index is 0.285. The monoisotopic (exact) mass is 279 g/mol.